The van der Waals surface area contributed by atoms with Crippen LogP contribution in [-0.2, 0) is 11.2 Å². The molecule has 1 aromatic rings. The third kappa shape index (κ3) is 3.19. The van der Waals surface area contributed by atoms with E-state index in [1.807, 2.05) is 37.3 Å². The maximum absolute atomic E-state index is 12.4. The van der Waals surface area contributed by atoms with Crippen molar-refractivity contribution in [1.82, 2.24) is 5.32 Å². The Morgan fingerprint density at radius 1 is 1.50 bits per heavy atom. The van der Waals surface area contributed by atoms with Crippen molar-refractivity contribution in [2.24, 2.45) is 11.1 Å². The van der Waals surface area contributed by atoms with Gasteiger partial charge in [0.1, 0.15) is 0 Å². The van der Waals surface area contributed by atoms with Crippen molar-refractivity contribution >= 4 is 5.91 Å². The molecule has 1 aliphatic rings. The number of aliphatic hydroxyl groups excluding tert-OH is 1. The summed E-state index contributed by atoms with van der Waals surface area (Å²) >= 11 is 0. The molecule has 1 saturated carbocycles. The molecule has 1 fully saturated rings. The summed E-state index contributed by atoms with van der Waals surface area (Å²) in [7, 11) is 0. The maximum Gasteiger partial charge on any atom is 0.227 e. The van der Waals surface area contributed by atoms with Crippen molar-refractivity contribution in [2.75, 3.05) is 6.61 Å². The summed E-state index contributed by atoms with van der Waals surface area (Å²) in [4.78, 5) is 12.4. The predicted octanol–water partition coefficient (Wildman–Crippen LogP) is 1.22. The lowest BCUT2D eigenvalue weighted by Crippen LogP contribution is -2.51. The monoisotopic (exact) mass is 276 g/mol. The molecule has 1 aliphatic carbocycles. The minimum atomic E-state index is -0.496. The van der Waals surface area contributed by atoms with Crippen molar-refractivity contribution in [3.8, 4) is 0 Å². The molecular formula is C16H24N2O2. The average Bonchev–Trinajstić information content (AvgIpc) is 2.80. The van der Waals surface area contributed by atoms with Gasteiger partial charge in [-0.15, -0.1) is 0 Å². The number of carbonyl (C=O) groups excluding carboxylic acids is 1. The fourth-order valence-electron chi connectivity index (χ4n) is 2.89. The number of rotatable bonds is 5. The van der Waals surface area contributed by atoms with Gasteiger partial charge in [-0.05, 0) is 31.7 Å². The smallest absolute Gasteiger partial charge is 0.227 e. The number of nitrogens with two attached hydrogens (primary N) is 1. The van der Waals surface area contributed by atoms with Gasteiger partial charge >= 0.3 is 0 Å². The molecule has 4 N–H and O–H groups in total. The quantitative estimate of drug-likeness (QED) is 0.757. The third-order valence-electron chi connectivity index (χ3n) is 4.43. The van der Waals surface area contributed by atoms with E-state index in [-0.39, 0.29) is 24.6 Å². The van der Waals surface area contributed by atoms with Crippen LogP contribution in [0.15, 0.2) is 30.3 Å². The van der Waals surface area contributed by atoms with Gasteiger partial charge in [0.15, 0.2) is 0 Å². The molecule has 1 amide bonds. The summed E-state index contributed by atoms with van der Waals surface area (Å²) in [5.74, 6) is -0.0301. The molecule has 0 bridgehead atoms. The molecule has 2 rings (SSSR count). The summed E-state index contributed by atoms with van der Waals surface area (Å²) in [5.41, 5.74) is 6.67. The summed E-state index contributed by atoms with van der Waals surface area (Å²) in [5, 5.41) is 12.4. The van der Waals surface area contributed by atoms with Crippen molar-refractivity contribution in [3.63, 3.8) is 0 Å². The van der Waals surface area contributed by atoms with E-state index in [4.69, 9.17) is 5.73 Å². The van der Waals surface area contributed by atoms with Gasteiger partial charge in [-0.1, -0.05) is 36.8 Å². The standard InChI is InChI=1S/C16H24N2O2/c1-16(9-5-8-14(16)17)15(20)18-13(11-19)10-12-6-3-2-4-7-12/h2-4,6-7,13-14,19H,5,8-11,17H2,1H3,(H,18,20). The van der Waals surface area contributed by atoms with E-state index < -0.39 is 5.41 Å². The second kappa shape index (κ2) is 6.37. The Balaban J connectivity index is 1.98. The highest BCUT2D eigenvalue weighted by molar-refractivity contribution is 5.83. The fraction of sp³-hybridized carbons (Fsp3) is 0.562. The molecule has 0 aromatic heterocycles. The Morgan fingerprint density at radius 2 is 2.20 bits per heavy atom. The Hall–Kier alpha value is -1.39. The Labute approximate surface area is 120 Å². The largest absolute Gasteiger partial charge is 0.394 e. The fourth-order valence-corrected chi connectivity index (χ4v) is 2.89. The summed E-state index contributed by atoms with van der Waals surface area (Å²) in [6.45, 7) is 1.86. The van der Waals surface area contributed by atoms with E-state index in [1.54, 1.807) is 0 Å². The zero-order valence-electron chi connectivity index (χ0n) is 12.0. The first-order valence-electron chi connectivity index (χ1n) is 7.27. The number of aliphatic hydroxyl groups is 1. The van der Waals surface area contributed by atoms with Gasteiger partial charge in [0.2, 0.25) is 5.91 Å². The molecule has 4 heteroatoms. The topological polar surface area (TPSA) is 75.3 Å². The Bertz CT molecular complexity index is 449. The summed E-state index contributed by atoms with van der Waals surface area (Å²) in [6, 6.07) is 9.53. The Morgan fingerprint density at radius 3 is 2.75 bits per heavy atom. The highest BCUT2D eigenvalue weighted by atomic mass is 16.3. The first-order valence-corrected chi connectivity index (χ1v) is 7.27. The van der Waals surface area contributed by atoms with Gasteiger partial charge in [0.25, 0.3) is 0 Å². The maximum atomic E-state index is 12.4. The summed E-state index contributed by atoms with van der Waals surface area (Å²) < 4.78 is 0. The normalized spacial score (nSPS) is 27.2. The van der Waals surface area contributed by atoms with Crippen LogP contribution in [0, 0.1) is 5.41 Å². The average molecular weight is 276 g/mol. The van der Waals surface area contributed by atoms with E-state index in [2.05, 4.69) is 5.32 Å². The van der Waals surface area contributed by atoms with Gasteiger partial charge in [-0.2, -0.15) is 0 Å². The van der Waals surface area contributed by atoms with E-state index in [0.29, 0.717) is 6.42 Å². The highest BCUT2D eigenvalue weighted by Crippen LogP contribution is 2.36. The number of hydrogen-bond donors (Lipinski definition) is 3. The molecule has 0 saturated heterocycles. The molecule has 0 aliphatic heterocycles. The van der Waals surface area contributed by atoms with Crippen LogP contribution in [-0.4, -0.2) is 29.7 Å². The molecule has 0 radical (unpaired) electrons. The molecular weight excluding hydrogens is 252 g/mol. The van der Waals surface area contributed by atoms with Gasteiger partial charge in [-0.3, -0.25) is 4.79 Å². The van der Waals surface area contributed by atoms with Crippen LogP contribution < -0.4 is 11.1 Å². The van der Waals surface area contributed by atoms with Crippen LogP contribution in [0.2, 0.25) is 0 Å². The lowest BCUT2D eigenvalue weighted by Gasteiger charge is -2.30. The Kier molecular flexibility index (Phi) is 4.78. The molecule has 3 unspecified atom stereocenters. The first kappa shape index (κ1) is 15.0. The number of nitrogens with one attached hydrogen (secondary N) is 1. The molecule has 0 heterocycles. The molecule has 3 atom stereocenters. The van der Waals surface area contributed by atoms with Gasteiger partial charge in [-0.25, -0.2) is 0 Å². The molecule has 110 valence electrons. The zero-order valence-corrected chi connectivity index (χ0v) is 12.0. The molecule has 4 nitrogen and oxygen atoms in total. The SMILES string of the molecule is CC1(C(=O)NC(CO)Cc2ccccc2)CCCC1N. The van der Waals surface area contributed by atoms with E-state index in [9.17, 15) is 9.90 Å². The number of benzene rings is 1. The molecule has 1 aromatic carbocycles. The number of hydrogen-bond acceptors (Lipinski definition) is 3. The second-order valence-electron chi connectivity index (χ2n) is 5.96. The van der Waals surface area contributed by atoms with Crippen LogP contribution in [0.3, 0.4) is 0 Å². The van der Waals surface area contributed by atoms with Crippen molar-refractivity contribution < 1.29 is 9.90 Å². The van der Waals surface area contributed by atoms with Gasteiger partial charge in [0, 0.05) is 6.04 Å². The van der Waals surface area contributed by atoms with Crippen molar-refractivity contribution in [3.05, 3.63) is 35.9 Å². The lowest BCUT2D eigenvalue weighted by molar-refractivity contribution is -0.131. The lowest BCUT2D eigenvalue weighted by atomic mass is 9.84. The van der Waals surface area contributed by atoms with Crippen molar-refractivity contribution in [2.45, 2.75) is 44.7 Å². The van der Waals surface area contributed by atoms with E-state index in [1.165, 1.54) is 0 Å². The van der Waals surface area contributed by atoms with E-state index >= 15 is 0 Å². The minimum Gasteiger partial charge on any atom is -0.394 e. The third-order valence-corrected chi connectivity index (χ3v) is 4.43. The van der Waals surface area contributed by atoms with Crippen LogP contribution in [0.25, 0.3) is 0 Å². The van der Waals surface area contributed by atoms with Crippen LogP contribution in [0.4, 0.5) is 0 Å². The van der Waals surface area contributed by atoms with E-state index in [0.717, 1.165) is 24.8 Å². The molecule has 0 spiro atoms. The number of carbonyl (C=O) groups is 1. The van der Waals surface area contributed by atoms with Crippen LogP contribution in [0.1, 0.15) is 31.7 Å². The first-order chi connectivity index (χ1) is 9.56. The summed E-state index contributed by atoms with van der Waals surface area (Å²) in [6.07, 6.45) is 3.35. The highest BCUT2D eigenvalue weighted by Gasteiger charge is 2.43. The predicted molar refractivity (Wildman–Crippen MR) is 79.1 cm³/mol. The van der Waals surface area contributed by atoms with Gasteiger partial charge in [0.05, 0.1) is 18.1 Å². The second-order valence-corrected chi connectivity index (χ2v) is 5.96. The zero-order chi connectivity index (χ0) is 14.6. The van der Waals surface area contributed by atoms with Gasteiger partial charge < -0.3 is 16.2 Å². The number of amides is 1. The van der Waals surface area contributed by atoms with Crippen LogP contribution in [0.5, 0.6) is 0 Å². The molecule has 20 heavy (non-hydrogen) atoms. The minimum absolute atomic E-state index is 0.0301. The van der Waals surface area contributed by atoms with Crippen LogP contribution >= 0.6 is 0 Å². The van der Waals surface area contributed by atoms with Crippen molar-refractivity contribution in [1.29, 1.82) is 0 Å².